The second kappa shape index (κ2) is 6.02. The van der Waals surface area contributed by atoms with Crippen LogP contribution in [0.4, 0.5) is 0 Å². The molecule has 1 atom stereocenters. The van der Waals surface area contributed by atoms with Crippen molar-refractivity contribution in [1.29, 1.82) is 0 Å². The lowest BCUT2D eigenvalue weighted by molar-refractivity contribution is 0.600. The number of hydrogen-bond donors (Lipinski definition) is 1. The first kappa shape index (κ1) is 13.7. The molecule has 0 bridgehead atoms. The van der Waals surface area contributed by atoms with E-state index in [1.165, 1.54) is 28.5 Å². The van der Waals surface area contributed by atoms with E-state index in [9.17, 15) is 0 Å². The molecule has 0 saturated carbocycles. The molecule has 1 aromatic rings. The average Bonchev–Trinajstić information content (AvgIpc) is 2.47. The van der Waals surface area contributed by atoms with Gasteiger partial charge in [-0.15, -0.1) is 11.8 Å². The van der Waals surface area contributed by atoms with Gasteiger partial charge in [0.2, 0.25) is 0 Å². The van der Waals surface area contributed by atoms with Gasteiger partial charge in [0.05, 0.1) is 16.6 Å². The first-order valence-electron chi connectivity index (χ1n) is 7.05. The van der Waals surface area contributed by atoms with Gasteiger partial charge in [-0.1, -0.05) is 13.8 Å². The number of hydrogen-bond acceptors (Lipinski definition) is 5. The van der Waals surface area contributed by atoms with Crippen LogP contribution in [0.1, 0.15) is 47.8 Å². The van der Waals surface area contributed by atoms with E-state index < -0.39 is 0 Å². The van der Waals surface area contributed by atoms with Crippen LogP contribution in [0.3, 0.4) is 0 Å². The van der Waals surface area contributed by atoms with Crippen molar-refractivity contribution in [3.8, 4) is 0 Å². The Bertz CT molecular complexity index is 456. The second-order valence-corrected chi connectivity index (χ2v) is 7.87. The number of thioether (sulfide) groups is 2. The molecule has 19 heavy (non-hydrogen) atoms. The number of nitrogens with zero attached hydrogens (tertiary/aromatic N) is 2. The molecule has 5 heteroatoms. The van der Waals surface area contributed by atoms with Crippen LogP contribution in [0.2, 0.25) is 0 Å². The van der Waals surface area contributed by atoms with E-state index in [2.05, 4.69) is 19.2 Å². The van der Waals surface area contributed by atoms with Gasteiger partial charge in [-0.05, 0) is 24.4 Å². The van der Waals surface area contributed by atoms with Gasteiger partial charge in [0, 0.05) is 23.8 Å². The van der Waals surface area contributed by atoms with Crippen molar-refractivity contribution in [2.75, 3.05) is 23.8 Å². The lowest BCUT2D eigenvalue weighted by Crippen LogP contribution is -2.28. The Morgan fingerprint density at radius 3 is 2.89 bits per heavy atom. The van der Waals surface area contributed by atoms with Crippen LogP contribution >= 0.6 is 23.5 Å². The van der Waals surface area contributed by atoms with Gasteiger partial charge in [-0.3, -0.25) is 0 Å². The molecule has 1 saturated heterocycles. The van der Waals surface area contributed by atoms with E-state index >= 15 is 0 Å². The molecule has 104 valence electrons. The molecular formula is C14H21N3S2. The fraction of sp³-hybridized carbons (Fsp3) is 0.714. The van der Waals surface area contributed by atoms with Gasteiger partial charge in [-0.2, -0.15) is 11.8 Å². The standard InChI is InChI=1S/C14H21N3S2/c1-9(2)13-10-3-4-15-7-11(10)16-14(17-13)12-8-18-5-6-19-12/h9,12,15H,3-8H2,1-2H3. The van der Waals surface area contributed by atoms with Crippen LogP contribution in [-0.4, -0.2) is 33.8 Å². The largest absolute Gasteiger partial charge is 0.311 e. The fourth-order valence-electron chi connectivity index (χ4n) is 2.67. The van der Waals surface area contributed by atoms with Crippen LogP contribution in [-0.2, 0) is 13.0 Å². The molecular weight excluding hydrogens is 274 g/mol. The van der Waals surface area contributed by atoms with Gasteiger partial charge in [0.1, 0.15) is 5.82 Å². The topological polar surface area (TPSA) is 37.8 Å². The maximum absolute atomic E-state index is 4.94. The summed E-state index contributed by atoms with van der Waals surface area (Å²) < 4.78 is 0. The molecule has 0 spiro atoms. The third kappa shape index (κ3) is 2.93. The zero-order valence-corrected chi connectivity index (χ0v) is 13.2. The van der Waals surface area contributed by atoms with Gasteiger partial charge in [0.15, 0.2) is 0 Å². The zero-order valence-electron chi connectivity index (χ0n) is 11.6. The zero-order chi connectivity index (χ0) is 13.2. The Labute approximate surface area is 123 Å². The maximum atomic E-state index is 4.94. The van der Waals surface area contributed by atoms with Crippen molar-refractivity contribution in [2.24, 2.45) is 0 Å². The van der Waals surface area contributed by atoms with Gasteiger partial charge < -0.3 is 5.32 Å². The Kier molecular flexibility index (Phi) is 4.34. The highest BCUT2D eigenvalue weighted by atomic mass is 32.2. The Morgan fingerprint density at radius 1 is 1.26 bits per heavy atom. The molecule has 1 fully saturated rings. The molecule has 0 radical (unpaired) electrons. The molecule has 3 rings (SSSR count). The summed E-state index contributed by atoms with van der Waals surface area (Å²) in [6.45, 7) is 6.47. The van der Waals surface area contributed by atoms with Crippen LogP contribution in [0.5, 0.6) is 0 Å². The highest BCUT2D eigenvalue weighted by molar-refractivity contribution is 8.06. The van der Waals surface area contributed by atoms with E-state index in [1.54, 1.807) is 0 Å². The summed E-state index contributed by atoms with van der Waals surface area (Å²) in [4.78, 5) is 9.81. The number of aromatic nitrogens is 2. The predicted octanol–water partition coefficient (Wildman–Crippen LogP) is 2.77. The van der Waals surface area contributed by atoms with Crippen LogP contribution in [0, 0.1) is 0 Å². The SMILES string of the molecule is CC(C)c1nc(C2CSCCS2)nc2c1CCNC2. The molecule has 1 unspecified atom stereocenters. The summed E-state index contributed by atoms with van der Waals surface area (Å²) in [7, 11) is 0. The minimum absolute atomic E-state index is 0.489. The molecule has 1 aromatic heterocycles. The van der Waals surface area contributed by atoms with E-state index in [4.69, 9.17) is 9.97 Å². The predicted molar refractivity (Wildman–Crippen MR) is 84.1 cm³/mol. The summed E-state index contributed by atoms with van der Waals surface area (Å²) in [5.41, 5.74) is 3.94. The monoisotopic (exact) mass is 295 g/mol. The van der Waals surface area contributed by atoms with E-state index in [0.29, 0.717) is 11.2 Å². The molecule has 3 heterocycles. The molecule has 3 nitrogen and oxygen atoms in total. The number of rotatable bonds is 2. The van der Waals surface area contributed by atoms with Crippen molar-refractivity contribution in [3.05, 3.63) is 22.8 Å². The molecule has 2 aliphatic heterocycles. The van der Waals surface area contributed by atoms with Crippen LogP contribution < -0.4 is 5.32 Å². The summed E-state index contributed by atoms with van der Waals surface area (Å²) >= 11 is 4.05. The lowest BCUT2D eigenvalue weighted by atomic mass is 9.97. The summed E-state index contributed by atoms with van der Waals surface area (Å²) in [6.07, 6.45) is 1.08. The van der Waals surface area contributed by atoms with Crippen molar-refractivity contribution in [2.45, 2.75) is 38.0 Å². The highest BCUT2D eigenvalue weighted by Gasteiger charge is 2.24. The van der Waals surface area contributed by atoms with E-state index in [1.807, 2.05) is 23.5 Å². The lowest BCUT2D eigenvalue weighted by Gasteiger charge is -2.25. The Balaban J connectivity index is 1.98. The summed E-state index contributed by atoms with van der Waals surface area (Å²) in [5.74, 6) is 5.22. The van der Waals surface area contributed by atoms with Crippen molar-refractivity contribution in [1.82, 2.24) is 15.3 Å². The van der Waals surface area contributed by atoms with Crippen LogP contribution in [0.25, 0.3) is 0 Å². The molecule has 0 aromatic carbocycles. The first-order valence-corrected chi connectivity index (χ1v) is 9.25. The molecule has 1 N–H and O–H groups in total. The molecule has 0 amide bonds. The molecule has 2 aliphatic rings. The minimum atomic E-state index is 0.489. The average molecular weight is 295 g/mol. The second-order valence-electron chi connectivity index (χ2n) is 5.41. The quantitative estimate of drug-likeness (QED) is 0.908. The fourth-order valence-corrected chi connectivity index (χ4v) is 5.27. The summed E-state index contributed by atoms with van der Waals surface area (Å²) in [6, 6.07) is 0. The Hall–Kier alpha value is -0.260. The molecule has 0 aliphatic carbocycles. The van der Waals surface area contributed by atoms with E-state index in [-0.39, 0.29) is 0 Å². The number of fused-ring (bicyclic) bond motifs is 1. The third-order valence-electron chi connectivity index (χ3n) is 3.64. The minimum Gasteiger partial charge on any atom is -0.311 e. The summed E-state index contributed by atoms with van der Waals surface area (Å²) in [5, 5.41) is 3.92. The normalized spacial score (nSPS) is 23.4. The third-order valence-corrected chi connectivity index (χ3v) is 6.39. The Morgan fingerprint density at radius 2 is 2.16 bits per heavy atom. The van der Waals surface area contributed by atoms with Gasteiger partial charge >= 0.3 is 0 Å². The van der Waals surface area contributed by atoms with Gasteiger partial charge in [-0.25, -0.2) is 9.97 Å². The van der Waals surface area contributed by atoms with Gasteiger partial charge in [0.25, 0.3) is 0 Å². The highest BCUT2D eigenvalue weighted by Crippen LogP contribution is 2.36. The maximum Gasteiger partial charge on any atom is 0.142 e. The van der Waals surface area contributed by atoms with Crippen molar-refractivity contribution in [3.63, 3.8) is 0 Å². The smallest absolute Gasteiger partial charge is 0.142 e. The van der Waals surface area contributed by atoms with Crippen molar-refractivity contribution < 1.29 is 0 Å². The van der Waals surface area contributed by atoms with Crippen molar-refractivity contribution >= 4 is 23.5 Å². The van der Waals surface area contributed by atoms with E-state index in [0.717, 1.165) is 31.1 Å². The van der Waals surface area contributed by atoms with Crippen LogP contribution in [0.15, 0.2) is 0 Å². The first-order chi connectivity index (χ1) is 9.25. The number of nitrogens with one attached hydrogen (secondary N) is 1.